The summed E-state index contributed by atoms with van der Waals surface area (Å²) in [5, 5.41) is 0.249. The lowest BCUT2D eigenvalue weighted by Gasteiger charge is -2.10. The number of rotatable bonds is 3. The van der Waals surface area contributed by atoms with Crippen LogP contribution < -0.4 is 10.5 Å². The molecular weight excluding hydrogens is 371 g/mol. The van der Waals surface area contributed by atoms with Gasteiger partial charge in [-0.15, -0.1) is 0 Å². The molecule has 0 radical (unpaired) electrons. The number of benzene rings is 2. The van der Waals surface area contributed by atoms with Gasteiger partial charge in [-0.2, -0.15) is 0 Å². The molecule has 0 unspecified atom stereocenters. The molecule has 106 valence electrons. The Morgan fingerprint density at radius 3 is 2.50 bits per heavy atom. The first-order valence-electron chi connectivity index (χ1n) is 5.32. The van der Waals surface area contributed by atoms with Crippen LogP contribution in [0.3, 0.4) is 0 Å². The van der Waals surface area contributed by atoms with Crippen LogP contribution in [0.4, 0.5) is 15.8 Å². The summed E-state index contributed by atoms with van der Waals surface area (Å²) in [6.07, 6.45) is 0. The Kier molecular flexibility index (Phi) is 4.22. The number of nitrogen functional groups attached to an aromatic ring is 1. The number of hydrogen-bond acceptors (Lipinski definition) is 3. The van der Waals surface area contributed by atoms with Crippen LogP contribution in [0.5, 0.6) is 0 Å². The van der Waals surface area contributed by atoms with Gasteiger partial charge < -0.3 is 5.73 Å². The smallest absolute Gasteiger partial charge is 0.262 e. The third-order valence-corrected chi connectivity index (χ3v) is 4.65. The maximum Gasteiger partial charge on any atom is 0.262 e. The van der Waals surface area contributed by atoms with E-state index >= 15 is 0 Å². The molecule has 2 aromatic rings. The zero-order chi connectivity index (χ0) is 14.9. The maximum absolute atomic E-state index is 13.6. The molecule has 0 saturated heterocycles. The average Bonchev–Trinajstić information content (AvgIpc) is 2.36. The molecule has 3 N–H and O–H groups in total. The van der Waals surface area contributed by atoms with Gasteiger partial charge in [-0.25, -0.2) is 12.8 Å². The Bertz CT molecular complexity index is 768. The number of sulfonamides is 1. The van der Waals surface area contributed by atoms with Gasteiger partial charge in [0.1, 0.15) is 5.82 Å². The second-order valence-electron chi connectivity index (χ2n) is 3.91. The lowest BCUT2D eigenvalue weighted by Crippen LogP contribution is -2.14. The van der Waals surface area contributed by atoms with Gasteiger partial charge in [0.05, 0.1) is 21.3 Å². The molecule has 0 aromatic heterocycles. The van der Waals surface area contributed by atoms with Crippen molar-refractivity contribution in [2.24, 2.45) is 0 Å². The molecule has 8 heteroatoms. The Morgan fingerprint density at radius 1 is 1.20 bits per heavy atom. The predicted molar refractivity (Wildman–Crippen MR) is 80.8 cm³/mol. The molecule has 0 atom stereocenters. The fourth-order valence-corrected chi connectivity index (χ4v) is 3.02. The highest BCUT2D eigenvalue weighted by atomic mass is 79.9. The molecule has 4 nitrogen and oxygen atoms in total. The molecule has 2 aromatic carbocycles. The van der Waals surface area contributed by atoms with Crippen LogP contribution in [-0.4, -0.2) is 8.42 Å². The molecule has 0 aliphatic heterocycles. The van der Waals surface area contributed by atoms with E-state index in [9.17, 15) is 12.8 Å². The standard InChI is InChI=1S/C12H9BrClFN2O2S/c13-7-1-4-12(10(15)5-7)17-20(18,19)8-2-3-9(14)11(16)6-8/h1-6,17H,16H2. The summed E-state index contributed by atoms with van der Waals surface area (Å²) in [4.78, 5) is -0.0956. The predicted octanol–water partition coefficient (Wildman–Crippen LogP) is 3.62. The van der Waals surface area contributed by atoms with Crippen LogP contribution in [0.25, 0.3) is 0 Å². The quantitative estimate of drug-likeness (QED) is 0.800. The Balaban J connectivity index is 2.38. The summed E-state index contributed by atoms with van der Waals surface area (Å²) in [5.41, 5.74) is 5.54. The van der Waals surface area contributed by atoms with Crippen molar-refractivity contribution in [2.75, 3.05) is 10.5 Å². The minimum absolute atomic E-state index is 0.0956. The van der Waals surface area contributed by atoms with E-state index in [0.29, 0.717) is 4.47 Å². The van der Waals surface area contributed by atoms with Crippen LogP contribution >= 0.6 is 27.5 Å². The van der Waals surface area contributed by atoms with Crippen molar-refractivity contribution in [3.63, 3.8) is 0 Å². The van der Waals surface area contributed by atoms with Crippen molar-refractivity contribution in [2.45, 2.75) is 4.90 Å². The first-order valence-corrected chi connectivity index (χ1v) is 7.98. The Morgan fingerprint density at radius 2 is 1.90 bits per heavy atom. The van der Waals surface area contributed by atoms with Crippen molar-refractivity contribution < 1.29 is 12.8 Å². The third kappa shape index (κ3) is 3.23. The van der Waals surface area contributed by atoms with Gasteiger partial charge in [-0.1, -0.05) is 27.5 Å². The molecule has 0 saturated carbocycles. The average molecular weight is 380 g/mol. The Labute approximate surface area is 128 Å². The summed E-state index contributed by atoms with van der Waals surface area (Å²) >= 11 is 8.82. The summed E-state index contributed by atoms with van der Waals surface area (Å²) in [6.45, 7) is 0. The van der Waals surface area contributed by atoms with Crippen LogP contribution in [0.2, 0.25) is 5.02 Å². The highest BCUT2D eigenvalue weighted by molar-refractivity contribution is 9.10. The molecule has 0 aliphatic rings. The molecule has 0 heterocycles. The van der Waals surface area contributed by atoms with Crippen molar-refractivity contribution >= 4 is 48.9 Å². The van der Waals surface area contributed by atoms with Crippen LogP contribution in [0.15, 0.2) is 45.8 Å². The Hall–Kier alpha value is -1.31. The second-order valence-corrected chi connectivity index (χ2v) is 6.92. The SMILES string of the molecule is Nc1cc(S(=O)(=O)Nc2ccc(Br)cc2F)ccc1Cl. The summed E-state index contributed by atoms with van der Waals surface area (Å²) in [5.74, 6) is -0.690. The van der Waals surface area contributed by atoms with Gasteiger partial charge >= 0.3 is 0 Å². The van der Waals surface area contributed by atoms with Gasteiger partial charge in [-0.05, 0) is 36.4 Å². The normalized spacial score (nSPS) is 11.3. The van der Waals surface area contributed by atoms with Gasteiger partial charge in [0, 0.05) is 4.47 Å². The fraction of sp³-hybridized carbons (Fsp3) is 0. The molecule has 20 heavy (non-hydrogen) atoms. The largest absolute Gasteiger partial charge is 0.397 e. The van der Waals surface area contributed by atoms with E-state index in [2.05, 4.69) is 20.7 Å². The van der Waals surface area contributed by atoms with E-state index in [1.165, 1.54) is 30.3 Å². The highest BCUT2D eigenvalue weighted by Gasteiger charge is 2.17. The van der Waals surface area contributed by atoms with E-state index in [4.69, 9.17) is 17.3 Å². The van der Waals surface area contributed by atoms with Crippen molar-refractivity contribution in [3.05, 3.63) is 51.7 Å². The van der Waals surface area contributed by atoms with Crippen molar-refractivity contribution in [1.29, 1.82) is 0 Å². The number of nitrogens with two attached hydrogens (primary N) is 1. The van der Waals surface area contributed by atoms with Gasteiger partial charge in [-0.3, -0.25) is 4.72 Å². The number of halogens is 3. The third-order valence-electron chi connectivity index (χ3n) is 2.45. The molecule has 0 spiro atoms. The minimum atomic E-state index is -3.93. The number of anilines is 2. The molecule has 0 fully saturated rings. The van der Waals surface area contributed by atoms with E-state index in [-0.39, 0.29) is 21.3 Å². The molecule has 0 amide bonds. The first-order chi connectivity index (χ1) is 9.29. The van der Waals surface area contributed by atoms with E-state index in [1.54, 1.807) is 0 Å². The monoisotopic (exact) mass is 378 g/mol. The van der Waals surface area contributed by atoms with E-state index < -0.39 is 15.8 Å². The summed E-state index contributed by atoms with van der Waals surface area (Å²) < 4.78 is 40.5. The topological polar surface area (TPSA) is 72.2 Å². The van der Waals surface area contributed by atoms with Gasteiger partial charge in [0.25, 0.3) is 10.0 Å². The highest BCUT2D eigenvalue weighted by Crippen LogP contribution is 2.25. The lowest BCUT2D eigenvalue weighted by atomic mass is 10.3. The van der Waals surface area contributed by atoms with E-state index in [1.807, 2.05) is 0 Å². The zero-order valence-corrected chi connectivity index (χ0v) is 13.1. The summed E-state index contributed by atoms with van der Waals surface area (Å²) in [7, 11) is -3.93. The van der Waals surface area contributed by atoms with Gasteiger partial charge in [0.15, 0.2) is 0 Å². The first kappa shape index (κ1) is 15.1. The van der Waals surface area contributed by atoms with Crippen molar-refractivity contribution in [1.82, 2.24) is 0 Å². The van der Waals surface area contributed by atoms with Gasteiger partial charge in [0.2, 0.25) is 0 Å². The fourth-order valence-electron chi connectivity index (χ4n) is 1.46. The zero-order valence-electron chi connectivity index (χ0n) is 9.90. The van der Waals surface area contributed by atoms with E-state index in [0.717, 1.165) is 6.07 Å². The maximum atomic E-state index is 13.6. The lowest BCUT2D eigenvalue weighted by molar-refractivity contribution is 0.598. The summed E-state index contributed by atoms with van der Waals surface area (Å²) in [6, 6.07) is 7.87. The van der Waals surface area contributed by atoms with Crippen molar-refractivity contribution in [3.8, 4) is 0 Å². The molecular formula is C12H9BrClFN2O2S. The molecule has 0 aliphatic carbocycles. The van der Waals surface area contributed by atoms with Crippen LogP contribution in [0.1, 0.15) is 0 Å². The number of hydrogen-bond donors (Lipinski definition) is 2. The molecule has 0 bridgehead atoms. The number of nitrogens with one attached hydrogen (secondary N) is 1. The van der Waals surface area contributed by atoms with Crippen LogP contribution in [0, 0.1) is 5.82 Å². The minimum Gasteiger partial charge on any atom is -0.397 e. The molecule has 2 rings (SSSR count). The van der Waals surface area contributed by atoms with Crippen LogP contribution in [-0.2, 0) is 10.0 Å². The second kappa shape index (κ2) is 5.59.